The summed E-state index contributed by atoms with van der Waals surface area (Å²) in [5.74, 6) is -0.0173. The molecular weight excluding hydrogens is 452 g/mol. The number of para-hydroxylation sites is 2. The number of ketones is 1. The number of Topliss-reactive ketones (excluding diaryl/α,β-unsaturated/α-hetero) is 1. The molecule has 1 aliphatic heterocycles. The molecule has 2 heterocycles. The maximum Gasteiger partial charge on any atom is 0.265 e. The molecule has 0 fully saturated rings. The summed E-state index contributed by atoms with van der Waals surface area (Å²) in [6.45, 7) is 0. The number of halogens is 1. The third-order valence-electron chi connectivity index (χ3n) is 5.57. The van der Waals surface area contributed by atoms with E-state index < -0.39 is 16.1 Å². The van der Waals surface area contributed by atoms with E-state index >= 15 is 0 Å². The van der Waals surface area contributed by atoms with Gasteiger partial charge in [0.25, 0.3) is 10.0 Å². The van der Waals surface area contributed by atoms with Crippen molar-refractivity contribution in [1.29, 1.82) is 0 Å². The average molecular weight is 471 g/mol. The summed E-state index contributed by atoms with van der Waals surface area (Å²) in [7, 11) is -4.01. The van der Waals surface area contributed by atoms with Gasteiger partial charge in [-0.05, 0) is 60.7 Å². The minimum atomic E-state index is -4.01. The molecule has 0 bridgehead atoms. The highest BCUT2D eigenvalue weighted by atomic mass is 35.5. The van der Waals surface area contributed by atoms with Crippen LogP contribution in [-0.4, -0.2) is 14.2 Å². The van der Waals surface area contributed by atoms with E-state index in [2.05, 4.69) is 5.32 Å². The van der Waals surface area contributed by atoms with Gasteiger partial charge in [0.05, 0.1) is 16.3 Å². The van der Waals surface area contributed by atoms with Crippen molar-refractivity contribution < 1.29 is 13.2 Å². The topological polar surface area (TPSA) is 66.5 Å². The Bertz CT molecular complexity index is 1280. The number of carbonyl (C=O) groups excluding carboxylic acids is 1. The third kappa shape index (κ3) is 3.46. The number of benzene rings is 2. The van der Waals surface area contributed by atoms with Crippen LogP contribution in [0, 0.1) is 0 Å². The zero-order valence-electron chi connectivity index (χ0n) is 16.4. The van der Waals surface area contributed by atoms with Crippen molar-refractivity contribution in [1.82, 2.24) is 0 Å². The number of sulfonamides is 1. The van der Waals surface area contributed by atoms with Crippen LogP contribution in [0.15, 0.2) is 82.2 Å². The Hall–Kier alpha value is -2.61. The number of nitrogens with one attached hydrogen (secondary N) is 1. The molecule has 0 amide bonds. The summed E-state index contributed by atoms with van der Waals surface area (Å²) in [6.07, 6.45) is 1.85. The average Bonchev–Trinajstić information content (AvgIpc) is 3.23. The molecule has 31 heavy (non-hydrogen) atoms. The smallest absolute Gasteiger partial charge is 0.265 e. The van der Waals surface area contributed by atoms with Gasteiger partial charge in [-0.1, -0.05) is 29.8 Å². The summed E-state index contributed by atoms with van der Waals surface area (Å²) >= 11 is 7.45. The third-order valence-corrected chi connectivity index (χ3v) is 8.54. The normalized spacial score (nSPS) is 18.8. The molecule has 5 rings (SSSR count). The van der Waals surface area contributed by atoms with Crippen molar-refractivity contribution in [2.75, 3.05) is 9.62 Å². The van der Waals surface area contributed by atoms with Gasteiger partial charge in [-0.15, -0.1) is 11.3 Å². The molecule has 0 saturated heterocycles. The molecule has 1 N–H and O–H groups in total. The maximum absolute atomic E-state index is 14.0. The molecule has 0 saturated carbocycles. The van der Waals surface area contributed by atoms with Gasteiger partial charge in [0.2, 0.25) is 0 Å². The molecule has 1 aliphatic carbocycles. The molecule has 2 aliphatic rings. The van der Waals surface area contributed by atoms with E-state index in [4.69, 9.17) is 11.6 Å². The summed E-state index contributed by atoms with van der Waals surface area (Å²) in [6, 6.07) is 16.5. The van der Waals surface area contributed by atoms with Crippen molar-refractivity contribution in [2.24, 2.45) is 0 Å². The lowest BCUT2D eigenvalue weighted by atomic mass is 9.89. The van der Waals surface area contributed by atoms with Crippen LogP contribution in [0.2, 0.25) is 5.02 Å². The number of hydrogen-bond acceptors (Lipinski definition) is 5. The Balaban J connectivity index is 1.82. The van der Waals surface area contributed by atoms with Crippen LogP contribution in [-0.2, 0) is 14.8 Å². The Morgan fingerprint density at radius 1 is 1.00 bits per heavy atom. The predicted molar refractivity (Wildman–Crippen MR) is 124 cm³/mol. The SMILES string of the molecule is O=C1CCCC2=C1[C@@H](c1cccs1)N(S(=O)(=O)c1ccc(Cl)cc1)c1ccccc1N2. The summed E-state index contributed by atoms with van der Waals surface area (Å²) in [5, 5.41) is 5.74. The van der Waals surface area contributed by atoms with Crippen LogP contribution >= 0.6 is 22.9 Å². The molecule has 0 unspecified atom stereocenters. The number of thiophene rings is 1. The van der Waals surface area contributed by atoms with Crippen LogP contribution in [0.5, 0.6) is 0 Å². The number of anilines is 2. The van der Waals surface area contributed by atoms with Crippen molar-refractivity contribution >= 4 is 50.1 Å². The van der Waals surface area contributed by atoms with E-state index in [1.165, 1.54) is 27.8 Å². The van der Waals surface area contributed by atoms with Gasteiger partial charge < -0.3 is 5.32 Å². The molecule has 3 aromatic rings. The molecule has 0 spiro atoms. The summed E-state index contributed by atoms with van der Waals surface area (Å²) < 4.78 is 29.5. The van der Waals surface area contributed by atoms with Crippen molar-refractivity contribution in [3.05, 3.63) is 87.2 Å². The first-order valence-corrected chi connectivity index (χ1v) is 12.6. The molecule has 8 heteroatoms. The van der Waals surface area contributed by atoms with E-state index in [-0.39, 0.29) is 10.7 Å². The summed E-state index contributed by atoms with van der Waals surface area (Å²) in [4.78, 5) is 14.1. The molecule has 1 aromatic heterocycles. The molecular formula is C23H19ClN2O3S2. The highest BCUT2D eigenvalue weighted by molar-refractivity contribution is 7.92. The fourth-order valence-electron chi connectivity index (χ4n) is 4.19. The standard InChI is InChI=1S/C23H19ClN2O3S2/c24-15-10-12-16(13-11-15)31(28,29)26-19-7-2-1-5-17(19)25-18-6-3-8-20(27)22(18)23(26)21-9-4-14-30-21/h1-2,4-5,7,9-14,23,25H,3,6,8H2/t23-/m1/s1. The van der Waals surface area contributed by atoms with Gasteiger partial charge in [0.1, 0.15) is 6.04 Å². The van der Waals surface area contributed by atoms with Crippen LogP contribution < -0.4 is 9.62 Å². The second kappa shape index (κ2) is 7.82. The number of nitrogens with zero attached hydrogens (tertiary/aromatic N) is 1. The van der Waals surface area contributed by atoms with Gasteiger partial charge in [0.15, 0.2) is 5.78 Å². The Labute approximate surface area is 190 Å². The second-order valence-corrected chi connectivity index (χ2v) is 10.7. The zero-order valence-corrected chi connectivity index (χ0v) is 18.8. The fraction of sp³-hybridized carbons (Fsp3) is 0.174. The molecule has 5 nitrogen and oxygen atoms in total. The van der Waals surface area contributed by atoms with Gasteiger partial charge in [-0.2, -0.15) is 0 Å². The Morgan fingerprint density at radius 2 is 1.77 bits per heavy atom. The van der Waals surface area contributed by atoms with Gasteiger partial charge in [-0.25, -0.2) is 8.42 Å². The number of rotatable bonds is 3. The molecule has 1 atom stereocenters. The first-order valence-electron chi connectivity index (χ1n) is 9.92. The number of carbonyl (C=O) groups is 1. The molecule has 0 radical (unpaired) electrons. The van der Waals surface area contributed by atoms with Gasteiger partial charge in [-0.3, -0.25) is 9.10 Å². The maximum atomic E-state index is 14.0. The molecule has 158 valence electrons. The monoisotopic (exact) mass is 470 g/mol. The number of fused-ring (bicyclic) bond motifs is 1. The number of hydrogen-bond donors (Lipinski definition) is 1. The first-order chi connectivity index (χ1) is 15.0. The first kappa shape index (κ1) is 20.3. The lowest BCUT2D eigenvalue weighted by Gasteiger charge is -2.33. The highest BCUT2D eigenvalue weighted by Crippen LogP contribution is 2.48. The van der Waals surface area contributed by atoms with Gasteiger partial charge in [0, 0.05) is 27.6 Å². The van der Waals surface area contributed by atoms with Crippen LogP contribution in [0.3, 0.4) is 0 Å². The van der Waals surface area contributed by atoms with E-state index in [0.717, 1.165) is 17.0 Å². The predicted octanol–water partition coefficient (Wildman–Crippen LogP) is 5.77. The van der Waals surface area contributed by atoms with Crippen molar-refractivity contribution in [3.8, 4) is 0 Å². The Morgan fingerprint density at radius 3 is 2.52 bits per heavy atom. The minimum absolute atomic E-state index is 0.0173. The van der Waals surface area contributed by atoms with E-state index in [0.29, 0.717) is 34.8 Å². The van der Waals surface area contributed by atoms with Crippen LogP contribution in [0.1, 0.15) is 30.2 Å². The van der Waals surface area contributed by atoms with E-state index in [9.17, 15) is 13.2 Å². The lowest BCUT2D eigenvalue weighted by molar-refractivity contribution is -0.116. The van der Waals surface area contributed by atoms with E-state index in [1.807, 2.05) is 35.7 Å². The summed E-state index contributed by atoms with van der Waals surface area (Å²) in [5.41, 5.74) is 2.51. The van der Waals surface area contributed by atoms with Crippen LogP contribution in [0.25, 0.3) is 0 Å². The van der Waals surface area contributed by atoms with E-state index in [1.54, 1.807) is 18.2 Å². The quantitative estimate of drug-likeness (QED) is 0.527. The minimum Gasteiger partial charge on any atom is -0.357 e. The zero-order chi connectivity index (χ0) is 21.6. The van der Waals surface area contributed by atoms with Crippen molar-refractivity contribution in [2.45, 2.75) is 30.2 Å². The fourth-order valence-corrected chi connectivity index (χ4v) is 6.83. The van der Waals surface area contributed by atoms with Crippen molar-refractivity contribution in [3.63, 3.8) is 0 Å². The lowest BCUT2D eigenvalue weighted by Crippen LogP contribution is -2.37. The largest absolute Gasteiger partial charge is 0.357 e. The second-order valence-electron chi connectivity index (χ2n) is 7.48. The van der Waals surface area contributed by atoms with Crippen LogP contribution in [0.4, 0.5) is 11.4 Å². The van der Waals surface area contributed by atoms with Gasteiger partial charge >= 0.3 is 0 Å². The molecule has 2 aromatic carbocycles. The highest BCUT2D eigenvalue weighted by Gasteiger charge is 2.42. The Kier molecular flexibility index (Phi) is 5.12. The number of allylic oxidation sites excluding steroid dienone is 1.